The Morgan fingerprint density at radius 1 is 1.20 bits per heavy atom. The van der Waals surface area contributed by atoms with Crippen LogP contribution >= 0.6 is 0 Å². The normalized spacial score (nSPS) is 12.2. The lowest BCUT2D eigenvalue weighted by Gasteiger charge is -2.11. The molecule has 0 radical (unpaired) electrons. The van der Waals surface area contributed by atoms with Crippen molar-refractivity contribution in [1.82, 2.24) is 9.97 Å². The summed E-state index contributed by atoms with van der Waals surface area (Å²) in [6.07, 6.45) is 0.491. The van der Waals surface area contributed by atoms with Gasteiger partial charge in [0.1, 0.15) is 6.07 Å². The first-order valence-corrected chi connectivity index (χ1v) is 7.61. The predicted octanol–water partition coefficient (Wildman–Crippen LogP) is 2.41. The van der Waals surface area contributed by atoms with Gasteiger partial charge in [-0.25, -0.2) is 0 Å². The quantitative estimate of drug-likeness (QED) is 0.734. The van der Waals surface area contributed by atoms with Crippen molar-refractivity contribution in [3.63, 3.8) is 0 Å². The van der Waals surface area contributed by atoms with E-state index in [1.807, 2.05) is 18.2 Å². The average Bonchev–Trinajstić information content (AvgIpc) is 3.09. The minimum atomic E-state index is 0.224. The van der Waals surface area contributed by atoms with E-state index < -0.39 is 0 Å². The lowest BCUT2D eigenvalue weighted by molar-refractivity contribution is 0.174. The van der Waals surface area contributed by atoms with Gasteiger partial charge in [-0.05, 0) is 29.8 Å². The number of ether oxygens (including phenoxy) is 3. The van der Waals surface area contributed by atoms with Gasteiger partial charge in [0.2, 0.25) is 6.79 Å². The molecule has 0 unspecified atom stereocenters. The average molecular weight is 334 g/mol. The molecule has 1 aliphatic heterocycles. The van der Waals surface area contributed by atoms with Gasteiger partial charge in [-0.2, -0.15) is 15.2 Å². The maximum Gasteiger partial charge on any atom is 0.316 e. The summed E-state index contributed by atoms with van der Waals surface area (Å²) in [6.45, 7) is 0.224. The van der Waals surface area contributed by atoms with Crippen molar-refractivity contribution in [2.75, 3.05) is 19.6 Å². The van der Waals surface area contributed by atoms with Crippen LogP contribution in [0.4, 0.5) is 5.69 Å². The van der Waals surface area contributed by atoms with Gasteiger partial charge in [-0.15, -0.1) is 0 Å². The molecule has 7 nitrogen and oxygen atoms in total. The lowest BCUT2D eigenvalue weighted by atomic mass is 10.0. The molecule has 1 aromatic heterocycles. The predicted molar refractivity (Wildman–Crippen MR) is 90.6 cm³/mol. The molecule has 25 heavy (non-hydrogen) atoms. The first-order valence-electron chi connectivity index (χ1n) is 7.61. The Morgan fingerprint density at radius 2 is 2.04 bits per heavy atom. The highest BCUT2D eigenvalue weighted by atomic mass is 16.7. The Bertz CT molecular complexity index is 1030. The Hall–Kier alpha value is -3.53. The van der Waals surface area contributed by atoms with Crippen molar-refractivity contribution in [2.24, 2.45) is 0 Å². The zero-order chi connectivity index (χ0) is 17.4. The van der Waals surface area contributed by atoms with E-state index in [1.165, 1.54) is 7.11 Å². The molecular weight excluding hydrogens is 320 g/mol. The minimum Gasteiger partial charge on any atom is -0.467 e. The summed E-state index contributed by atoms with van der Waals surface area (Å²) in [5.74, 6) is 1.42. The van der Waals surface area contributed by atoms with E-state index in [-0.39, 0.29) is 12.8 Å². The molecule has 1 aliphatic rings. The summed E-state index contributed by atoms with van der Waals surface area (Å²) >= 11 is 0. The van der Waals surface area contributed by atoms with Crippen LogP contribution in [0.5, 0.6) is 17.5 Å². The Morgan fingerprint density at radius 3 is 2.84 bits per heavy atom. The number of nitrogens with zero attached hydrogens (tertiary/aromatic N) is 3. The summed E-state index contributed by atoms with van der Waals surface area (Å²) < 4.78 is 16.0. The van der Waals surface area contributed by atoms with E-state index in [2.05, 4.69) is 16.0 Å². The second kappa shape index (κ2) is 5.83. The highest BCUT2D eigenvalue weighted by molar-refractivity contribution is 5.95. The number of methoxy groups -OCH3 is 1. The van der Waals surface area contributed by atoms with Crippen LogP contribution in [0.25, 0.3) is 10.9 Å². The molecule has 2 N–H and O–H groups in total. The van der Waals surface area contributed by atoms with E-state index in [4.69, 9.17) is 19.9 Å². The van der Waals surface area contributed by atoms with E-state index in [0.717, 1.165) is 11.3 Å². The van der Waals surface area contributed by atoms with Gasteiger partial charge in [0.25, 0.3) is 0 Å². The standard InChI is InChI=1S/C18H14N4O3/c1-23-18-21-12-4-3-11(8-19)17(20)16(12)13(22-18)6-10-2-5-14-15(7-10)25-9-24-14/h2-5,7H,6,9,20H2,1H3. The molecule has 3 aromatic rings. The molecule has 0 bridgehead atoms. The van der Waals surface area contributed by atoms with Crippen LogP contribution in [0.15, 0.2) is 30.3 Å². The number of anilines is 1. The number of hydrogen-bond donors (Lipinski definition) is 1. The van der Waals surface area contributed by atoms with Gasteiger partial charge in [0, 0.05) is 11.8 Å². The molecule has 124 valence electrons. The molecule has 0 fully saturated rings. The second-order valence-corrected chi connectivity index (χ2v) is 5.55. The number of aromatic nitrogens is 2. The molecule has 7 heteroatoms. The van der Waals surface area contributed by atoms with E-state index in [9.17, 15) is 5.26 Å². The summed E-state index contributed by atoms with van der Waals surface area (Å²) in [7, 11) is 1.51. The summed E-state index contributed by atoms with van der Waals surface area (Å²) in [5.41, 5.74) is 9.26. The van der Waals surface area contributed by atoms with E-state index in [1.54, 1.807) is 12.1 Å². The third-order valence-corrected chi connectivity index (χ3v) is 4.07. The van der Waals surface area contributed by atoms with Crippen LogP contribution in [0, 0.1) is 11.3 Å². The fourth-order valence-corrected chi connectivity index (χ4v) is 2.86. The highest BCUT2D eigenvalue weighted by Gasteiger charge is 2.17. The smallest absolute Gasteiger partial charge is 0.316 e. The number of nitrogen functional groups attached to an aromatic ring is 1. The number of fused-ring (bicyclic) bond motifs is 2. The molecule has 0 spiro atoms. The number of nitrogens with two attached hydrogens (primary N) is 1. The van der Waals surface area contributed by atoms with Crippen LogP contribution in [0.1, 0.15) is 16.8 Å². The first-order chi connectivity index (χ1) is 12.2. The monoisotopic (exact) mass is 334 g/mol. The fourth-order valence-electron chi connectivity index (χ4n) is 2.86. The number of hydrogen-bond acceptors (Lipinski definition) is 7. The van der Waals surface area contributed by atoms with Crippen molar-refractivity contribution in [1.29, 1.82) is 5.26 Å². The Kier molecular flexibility index (Phi) is 3.51. The molecule has 4 rings (SSSR count). The molecule has 0 saturated carbocycles. The van der Waals surface area contributed by atoms with Crippen molar-refractivity contribution in [3.8, 4) is 23.6 Å². The molecular formula is C18H14N4O3. The third-order valence-electron chi connectivity index (χ3n) is 4.07. The lowest BCUT2D eigenvalue weighted by Crippen LogP contribution is -2.03. The Labute approximate surface area is 143 Å². The molecule has 0 aliphatic carbocycles. The number of benzene rings is 2. The maximum atomic E-state index is 9.24. The maximum absolute atomic E-state index is 9.24. The fraction of sp³-hybridized carbons (Fsp3) is 0.167. The van der Waals surface area contributed by atoms with Gasteiger partial charge in [-0.3, -0.25) is 0 Å². The van der Waals surface area contributed by atoms with Crippen molar-refractivity contribution in [3.05, 3.63) is 47.2 Å². The summed E-state index contributed by atoms with van der Waals surface area (Å²) in [5, 5.41) is 9.90. The number of rotatable bonds is 3. The minimum absolute atomic E-state index is 0.224. The first kappa shape index (κ1) is 15.0. The largest absolute Gasteiger partial charge is 0.467 e. The number of nitriles is 1. The van der Waals surface area contributed by atoms with Crippen molar-refractivity contribution in [2.45, 2.75) is 6.42 Å². The van der Waals surface area contributed by atoms with Crippen molar-refractivity contribution < 1.29 is 14.2 Å². The summed E-state index contributed by atoms with van der Waals surface area (Å²) in [6, 6.07) is 11.5. The van der Waals surface area contributed by atoms with Crippen LogP contribution < -0.4 is 19.9 Å². The van der Waals surface area contributed by atoms with E-state index in [0.29, 0.717) is 40.0 Å². The van der Waals surface area contributed by atoms with Gasteiger partial charge < -0.3 is 19.9 Å². The molecule has 2 heterocycles. The van der Waals surface area contributed by atoms with Crippen LogP contribution in [-0.4, -0.2) is 23.9 Å². The van der Waals surface area contributed by atoms with Gasteiger partial charge >= 0.3 is 6.01 Å². The second-order valence-electron chi connectivity index (χ2n) is 5.55. The molecule has 0 amide bonds. The molecule has 0 saturated heterocycles. The topological polar surface area (TPSA) is 103 Å². The van der Waals surface area contributed by atoms with E-state index >= 15 is 0 Å². The van der Waals surface area contributed by atoms with Crippen LogP contribution in [0.2, 0.25) is 0 Å². The van der Waals surface area contributed by atoms with Gasteiger partial charge in [0.05, 0.1) is 29.6 Å². The van der Waals surface area contributed by atoms with Crippen LogP contribution in [0.3, 0.4) is 0 Å². The highest BCUT2D eigenvalue weighted by Crippen LogP contribution is 2.34. The van der Waals surface area contributed by atoms with Crippen LogP contribution in [-0.2, 0) is 6.42 Å². The zero-order valence-corrected chi connectivity index (χ0v) is 13.4. The molecule has 2 aromatic carbocycles. The Balaban J connectivity index is 1.86. The third kappa shape index (κ3) is 2.54. The van der Waals surface area contributed by atoms with Gasteiger partial charge in [0.15, 0.2) is 11.5 Å². The zero-order valence-electron chi connectivity index (χ0n) is 13.4. The SMILES string of the molecule is COc1nc(Cc2ccc3c(c2)OCO3)c2c(N)c(C#N)ccc2n1. The summed E-state index contributed by atoms with van der Waals surface area (Å²) in [4.78, 5) is 8.77. The molecule has 0 atom stereocenters. The van der Waals surface area contributed by atoms with Crippen molar-refractivity contribution >= 4 is 16.6 Å². The van der Waals surface area contributed by atoms with Gasteiger partial charge in [-0.1, -0.05) is 6.07 Å².